The molecule has 0 bridgehead atoms. The number of carbonyl (C=O) groups is 3. The third-order valence-corrected chi connectivity index (χ3v) is 7.21. The third-order valence-electron chi connectivity index (χ3n) is 5.87. The predicted molar refractivity (Wildman–Crippen MR) is 153 cm³/mol. The summed E-state index contributed by atoms with van der Waals surface area (Å²) in [6.45, 7) is 8.48. The fraction of sp³-hybridized carbons (Fsp3) is 0.276. The van der Waals surface area contributed by atoms with Gasteiger partial charge in [-0.25, -0.2) is 4.79 Å². The second-order valence-corrected chi connectivity index (χ2v) is 10.3. The number of halogens is 1. The highest BCUT2D eigenvalue weighted by molar-refractivity contribution is 8.00. The molecule has 3 N–H and O–H groups in total. The van der Waals surface area contributed by atoms with Gasteiger partial charge in [-0.3, -0.25) is 14.9 Å². The molecular formula is C29H31ClN2O5S. The van der Waals surface area contributed by atoms with Crippen LogP contribution in [0.4, 0.5) is 0 Å². The number of nitrogens with one attached hydrogen (secondary N) is 2. The van der Waals surface area contributed by atoms with Crippen molar-refractivity contribution in [3.05, 3.63) is 86.9 Å². The van der Waals surface area contributed by atoms with Crippen molar-refractivity contribution in [2.45, 2.75) is 38.2 Å². The molecule has 7 nitrogen and oxygen atoms in total. The van der Waals surface area contributed by atoms with Crippen LogP contribution in [-0.2, 0) is 25.7 Å². The van der Waals surface area contributed by atoms with Crippen LogP contribution in [0.25, 0.3) is 18.7 Å². The van der Waals surface area contributed by atoms with Gasteiger partial charge in [0, 0.05) is 18.4 Å². The zero-order valence-electron chi connectivity index (χ0n) is 21.3. The first-order chi connectivity index (χ1) is 18.2. The zero-order valence-corrected chi connectivity index (χ0v) is 22.9. The minimum absolute atomic E-state index is 0.0222. The molecular weight excluding hydrogens is 524 g/mol. The summed E-state index contributed by atoms with van der Waals surface area (Å²) in [5.41, 5.74) is 3.31. The summed E-state index contributed by atoms with van der Waals surface area (Å²) in [6.07, 6.45) is 5.52. The standard InChI is InChI=1S/C29H31ClN2O5S/c1-4-12-37-29(36)26(31-16-20-8-6-5-7-9-20)27-32-25(28(34)35)22(17-38-27)11-10-21-14-23(15-24(30)33)19(3)13-18(21)2/h5-11,13-15,26-27,31-32H,3-4,12,16-17H2,1-2H3,(H,34,35). The number of ether oxygens (including phenoxy) is 1. The molecule has 0 spiro atoms. The van der Waals surface area contributed by atoms with Crippen LogP contribution in [0.5, 0.6) is 0 Å². The Kier molecular flexibility index (Phi) is 10.8. The van der Waals surface area contributed by atoms with Crippen LogP contribution < -0.4 is 21.1 Å². The summed E-state index contributed by atoms with van der Waals surface area (Å²) in [7, 11) is 0. The normalized spacial score (nSPS) is 16.8. The molecule has 38 heavy (non-hydrogen) atoms. The van der Waals surface area contributed by atoms with Crippen molar-refractivity contribution in [2.24, 2.45) is 0 Å². The molecule has 0 aromatic heterocycles. The van der Waals surface area contributed by atoms with Crippen LogP contribution >= 0.6 is 23.4 Å². The summed E-state index contributed by atoms with van der Waals surface area (Å²) in [5, 5.41) is 16.4. The van der Waals surface area contributed by atoms with E-state index >= 15 is 0 Å². The number of esters is 1. The fourth-order valence-electron chi connectivity index (χ4n) is 3.90. The van der Waals surface area contributed by atoms with E-state index in [1.165, 1.54) is 17.8 Å². The largest absolute Gasteiger partial charge is 0.477 e. The van der Waals surface area contributed by atoms with E-state index < -0.39 is 28.6 Å². The lowest BCUT2D eigenvalue weighted by atomic mass is 10.0. The minimum Gasteiger partial charge on any atom is -0.477 e. The summed E-state index contributed by atoms with van der Waals surface area (Å²) in [6, 6.07) is 12.5. The maximum Gasteiger partial charge on any atom is 0.352 e. The molecule has 1 heterocycles. The van der Waals surface area contributed by atoms with E-state index in [0.717, 1.165) is 16.7 Å². The Morgan fingerprint density at radius 3 is 2.66 bits per heavy atom. The second-order valence-electron chi connectivity index (χ2n) is 8.78. The Morgan fingerprint density at radius 2 is 2.00 bits per heavy atom. The fourth-order valence-corrected chi connectivity index (χ4v) is 5.22. The molecule has 2 aromatic carbocycles. The van der Waals surface area contributed by atoms with E-state index in [1.54, 1.807) is 18.2 Å². The quantitative estimate of drug-likeness (QED) is 0.287. The maximum absolute atomic E-state index is 12.9. The molecule has 1 aliphatic heterocycles. The van der Waals surface area contributed by atoms with Gasteiger partial charge in [-0.15, -0.1) is 11.8 Å². The third kappa shape index (κ3) is 8.08. The first kappa shape index (κ1) is 29.2. The van der Waals surface area contributed by atoms with Gasteiger partial charge in [-0.2, -0.15) is 0 Å². The van der Waals surface area contributed by atoms with Gasteiger partial charge in [-0.1, -0.05) is 62.1 Å². The van der Waals surface area contributed by atoms with E-state index in [4.69, 9.17) is 16.3 Å². The lowest BCUT2D eigenvalue weighted by Gasteiger charge is -2.32. The zero-order chi connectivity index (χ0) is 27.7. The number of benzene rings is 2. The highest BCUT2D eigenvalue weighted by Gasteiger charge is 2.34. The molecule has 0 aliphatic carbocycles. The summed E-state index contributed by atoms with van der Waals surface area (Å²) in [4.78, 5) is 36.4. The molecule has 3 rings (SSSR count). The molecule has 0 amide bonds. The lowest BCUT2D eigenvalue weighted by Crippen LogP contribution is -2.53. The van der Waals surface area contributed by atoms with Crippen molar-refractivity contribution in [1.82, 2.24) is 10.6 Å². The SMILES string of the molecule is C=c1cc(C)c(C=CC2=C(C(=O)O)NC(C(NCc3ccccc3)C(=O)OCCC)SC2)cc1=CC(=O)Cl. The van der Waals surface area contributed by atoms with E-state index in [1.807, 2.05) is 50.2 Å². The molecule has 0 radical (unpaired) electrons. The number of thioether (sulfide) groups is 1. The number of hydrogen-bond donors (Lipinski definition) is 3. The number of carboxylic acids is 1. The molecule has 200 valence electrons. The maximum atomic E-state index is 12.9. The van der Waals surface area contributed by atoms with Crippen LogP contribution in [0, 0.1) is 6.92 Å². The van der Waals surface area contributed by atoms with Crippen LogP contribution in [0.1, 0.15) is 30.0 Å². The van der Waals surface area contributed by atoms with E-state index in [9.17, 15) is 19.5 Å². The van der Waals surface area contributed by atoms with Gasteiger partial charge in [0.05, 0.1) is 12.0 Å². The molecule has 9 heteroatoms. The molecule has 2 aromatic rings. The molecule has 2 unspecified atom stereocenters. The summed E-state index contributed by atoms with van der Waals surface area (Å²) in [5.74, 6) is -1.19. The predicted octanol–water partition coefficient (Wildman–Crippen LogP) is 3.08. The van der Waals surface area contributed by atoms with Crippen molar-refractivity contribution < 1.29 is 24.2 Å². The van der Waals surface area contributed by atoms with E-state index in [0.29, 0.717) is 34.7 Å². The minimum atomic E-state index is -1.12. The van der Waals surface area contributed by atoms with Gasteiger partial charge in [0.15, 0.2) is 0 Å². The first-order valence-corrected chi connectivity index (χ1v) is 13.6. The van der Waals surface area contributed by atoms with Gasteiger partial charge in [0.1, 0.15) is 11.7 Å². The monoisotopic (exact) mass is 554 g/mol. The van der Waals surface area contributed by atoms with Crippen molar-refractivity contribution in [3.8, 4) is 0 Å². The van der Waals surface area contributed by atoms with Crippen LogP contribution in [0.15, 0.2) is 59.8 Å². The molecule has 0 saturated heterocycles. The van der Waals surface area contributed by atoms with Crippen LogP contribution in [0.3, 0.4) is 0 Å². The average molecular weight is 555 g/mol. The average Bonchev–Trinajstić information content (AvgIpc) is 2.89. The van der Waals surface area contributed by atoms with Gasteiger partial charge in [0.25, 0.3) is 0 Å². The smallest absolute Gasteiger partial charge is 0.352 e. The molecule has 1 aliphatic rings. The number of rotatable bonds is 11. The van der Waals surface area contributed by atoms with Gasteiger partial charge in [0.2, 0.25) is 5.24 Å². The number of aliphatic carboxylic acids is 1. The number of carboxylic acid groups (broad SMARTS) is 1. The number of allylic oxidation sites excluding steroid dienone is 1. The summed E-state index contributed by atoms with van der Waals surface area (Å²) >= 11 is 6.94. The highest BCUT2D eigenvalue weighted by Crippen LogP contribution is 2.27. The number of carbonyl (C=O) groups excluding carboxylic acids is 2. The topological polar surface area (TPSA) is 105 Å². The summed E-state index contributed by atoms with van der Waals surface area (Å²) < 4.78 is 5.41. The highest BCUT2D eigenvalue weighted by atomic mass is 35.5. The van der Waals surface area contributed by atoms with Gasteiger partial charge in [-0.05, 0) is 63.7 Å². The Morgan fingerprint density at radius 1 is 1.26 bits per heavy atom. The molecule has 0 fully saturated rings. The Bertz CT molecular complexity index is 1360. The molecule has 2 atom stereocenters. The van der Waals surface area contributed by atoms with Crippen molar-refractivity contribution in [3.63, 3.8) is 0 Å². The Balaban J connectivity index is 1.87. The number of aryl methyl sites for hydroxylation is 1. The van der Waals surface area contributed by atoms with Gasteiger partial charge >= 0.3 is 11.9 Å². The Labute approximate surface area is 231 Å². The molecule has 0 saturated carbocycles. The van der Waals surface area contributed by atoms with Crippen molar-refractivity contribution in [2.75, 3.05) is 12.4 Å². The van der Waals surface area contributed by atoms with Crippen LogP contribution in [-0.4, -0.2) is 46.1 Å². The van der Waals surface area contributed by atoms with E-state index in [2.05, 4.69) is 17.2 Å². The van der Waals surface area contributed by atoms with Gasteiger partial charge < -0.3 is 15.2 Å². The Hall–Kier alpha value is -3.33. The lowest BCUT2D eigenvalue weighted by molar-refractivity contribution is -0.146. The van der Waals surface area contributed by atoms with Crippen molar-refractivity contribution in [1.29, 1.82) is 0 Å². The number of hydrogen-bond acceptors (Lipinski definition) is 7. The first-order valence-electron chi connectivity index (χ1n) is 12.2. The van der Waals surface area contributed by atoms with Crippen LogP contribution in [0.2, 0.25) is 0 Å². The van der Waals surface area contributed by atoms with Crippen molar-refractivity contribution >= 4 is 59.3 Å². The second kappa shape index (κ2) is 14.0. The van der Waals surface area contributed by atoms with E-state index in [-0.39, 0.29) is 12.3 Å².